The van der Waals surface area contributed by atoms with Crippen LogP contribution in [0.4, 0.5) is 0 Å². The molecule has 0 amide bonds. The lowest BCUT2D eigenvalue weighted by Gasteiger charge is -2.15. The predicted octanol–water partition coefficient (Wildman–Crippen LogP) is 8.30. The Morgan fingerprint density at radius 2 is 1.06 bits per heavy atom. The molecule has 0 aromatic rings. The molecule has 35 heavy (non-hydrogen) atoms. The molecule has 0 unspecified atom stereocenters. The average Bonchev–Trinajstić information content (AvgIpc) is 2.83. The van der Waals surface area contributed by atoms with E-state index in [9.17, 15) is 14.7 Å². The molecule has 0 heterocycles. The number of esters is 2. The van der Waals surface area contributed by atoms with Crippen LogP contribution in [0.3, 0.4) is 0 Å². The Bertz CT molecular complexity index is 477. The third-order valence-corrected chi connectivity index (χ3v) is 6.58. The molecule has 0 aliphatic heterocycles. The van der Waals surface area contributed by atoms with Crippen LogP contribution < -0.4 is 0 Å². The molecule has 5 nitrogen and oxygen atoms in total. The topological polar surface area (TPSA) is 72.8 Å². The van der Waals surface area contributed by atoms with Crippen LogP contribution in [0, 0.1) is 5.92 Å². The van der Waals surface area contributed by atoms with Crippen LogP contribution in [-0.2, 0) is 19.1 Å². The van der Waals surface area contributed by atoms with Gasteiger partial charge in [0, 0.05) is 12.8 Å². The van der Waals surface area contributed by atoms with Crippen molar-refractivity contribution >= 4 is 11.9 Å². The Morgan fingerprint density at radius 1 is 0.629 bits per heavy atom. The Labute approximate surface area is 217 Å². The predicted molar refractivity (Wildman–Crippen MR) is 145 cm³/mol. The second kappa shape index (κ2) is 26.0. The molecule has 0 aliphatic rings. The molecule has 208 valence electrons. The van der Waals surface area contributed by atoms with Crippen molar-refractivity contribution in [2.45, 2.75) is 162 Å². The highest BCUT2D eigenvalue weighted by molar-refractivity contribution is 5.70. The molecule has 0 aliphatic carbocycles. The van der Waals surface area contributed by atoms with Gasteiger partial charge in [0.15, 0.2) is 6.10 Å². The minimum atomic E-state index is -0.759. The van der Waals surface area contributed by atoms with Crippen molar-refractivity contribution in [3.8, 4) is 0 Å². The summed E-state index contributed by atoms with van der Waals surface area (Å²) in [4.78, 5) is 23.9. The first-order valence-corrected chi connectivity index (χ1v) is 15.0. The van der Waals surface area contributed by atoms with E-state index in [-0.39, 0.29) is 25.2 Å². The Balaban J connectivity index is 3.59. The third kappa shape index (κ3) is 25.8. The fraction of sp³-hybridized carbons (Fsp3) is 0.933. The molecule has 0 bridgehead atoms. The summed E-state index contributed by atoms with van der Waals surface area (Å²) in [5.41, 5.74) is 0. The molecule has 0 saturated carbocycles. The summed E-state index contributed by atoms with van der Waals surface area (Å²) in [7, 11) is 0. The van der Waals surface area contributed by atoms with Gasteiger partial charge in [0.05, 0.1) is 6.61 Å². The molecule has 0 saturated heterocycles. The highest BCUT2D eigenvalue weighted by Crippen LogP contribution is 2.14. The number of aliphatic hydroxyl groups excluding tert-OH is 1. The van der Waals surface area contributed by atoms with Crippen molar-refractivity contribution in [3.63, 3.8) is 0 Å². The van der Waals surface area contributed by atoms with Gasteiger partial charge in [0.2, 0.25) is 0 Å². The van der Waals surface area contributed by atoms with E-state index >= 15 is 0 Å². The van der Waals surface area contributed by atoms with Crippen LogP contribution >= 0.6 is 0 Å². The van der Waals surface area contributed by atoms with Crippen molar-refractivity contribution < 1.29 is 24.2 Å². The number of hydrogen-bond acceptors (Lipinski definition) is 5. The van der Waals surface area contributed by atoms with E-state index < -0.39 is 6.10 Å². The smallest absolute Gasteiger partial charge is 0.306 e. The van der Waals surface area contributed by atoms with Gasteiger partial charge in [0.1, 0.15) is 6.61 Å². The van der Waals surface area contributed by atoms with Crippen molar-refractivity contribution in [1.82, 2.24) is 0 Å². The molecule has 0 aromatic carbocycles. The van der Waals surface area contributed by atoms with Gasteiger partial charge in [-0.05, 0) is 18.8 Å². The first kappa shape index (κ1) is 33.9. The van der Waals surface area contributed by atoms with Crippen LogP contribution in [-0.4, -0.2) is 36.4 Å². The third-order valence-electron chi connectivity index (χ3n) is 6.58. The summed E-state index contributed by atoms with van der Waals surface area (Å²) < 4.78 is 10.5. The van der Waals surface area contributed by atoms with Gasteiger partial charge in [-0.2, -0.15) is 0 Å². The Kier molecular flexibility index (Phi) is 25.2. The van der Waals surface area contributed by atoms with Crippen molar-refractivity contribution in [2.75, 3.05) is 13.2 Å². The monoisotopic (exact) mass is 498 g/mol. The molecule has 5 heteroatoms. The minimum Gasteiger partial charge on any atom is -0.462 e. The normalized spacial score (nSPS) is 12.1. The summed E-state index contributed by atoms with van der Waals surface area (Å²) in [6, 6.07) is 0. The summed E-state index contributed by atoms with van der Waals surface area (Å²) in [6.45, 7) is 6.42. The maximum Gasteiger partial charge on any atom is 0.306 e. The number of hydrogen-bond donors (Lipinski definition) is 1. The lowest BCUT2D eigenvalue weighted by Crippen LogP contribution is -2.28. The molecular weight excluding hydrogens is 440 g/mol. The summed E-state index contributed by atoms with van der Waals surface area (Å²) >= 11 is 0. The number of rotatable bonds is 26. The van der Waals surface area contributed by atoms with Gasteiger partial charge in [0.25, 0.3) is 0 Å². The quantitative estimate of drug-likeness (QED) is 0.0959. The molecule has 0 rings (SSSR count). The minimum absolute atomic E-state index is 0.0599. The number of carbonyl (C=O) groups is 2. The van der Waals surface area contributed by atoms with Crippen molar-refractivity contribution in [1.29, 1.82) is 0 Å². The van der Waals surface area contributed by atoms with Gasteiger partial charge in [-0.1, -0.05) is 130 Å². The van der Waals surface area contributed by atoms with E-state index in [1.807, 2.05) is 0 Å². The number of aliphatic hydroxyl groups is 1. The largest absolute Gasteiger partial charge is 0.462 e. The average molecular weight is 499 g/mol. The van der Waals surface area contributed by atoms with Crippen LogP contribution in [0.1, 0.15) is 156 Å². The van der Waals surface area contributed by atoms with Crippen LogP contribution in [0.2, 0.25) is 0 Å². The molecule has 0 spiro atoms. The fourth-order valence-electron chi connectivity index (χ4n) is 4.27. The van der Waals surface area contributed by atoms with Crippen LogP contribution in [0.25, 0.3) is 0 Å². The van der Waals surface area contributed by atoms with E-state index in [0.29, 0.717) is 12.8 Å². The van der Waals surface area contributed by atoms with E-state index in [1.165, 1.54) is 83.5 Å². The zero-order valence-corrected chi connectivity index (χ0v) is 23.5. The van der Waals surface area contributed by atoms with Crippen molar-refractivity contribution in [3.05, 3.63) is 0 Å². The van der Waals surface area contributed by atoms with Gasteiger partial charge in [-0.3, -0.25) is 9.59 Å². The van der Waals surface area contributed by atoms with E-state index in [1.54, 1.807) is 0 Å². The highest BCUT2D eigenvalue weighted by atomic mass is 16.6. The van der Waals surface area contributed by atoms with Crippen LogP contribution in [0.5, 0.6) is 0 Å². The van der Waals surface area contributed by atoms with Crippen LogP contribution in [0.15, 0.2) is 0 Å². The van der Waals surface area contributed by atoms with E-state index in [2.05, 4.69) is 20.8 Å². The first-order chi connectivity index (χ1) is 17.0. The Hall–Kier alpha value is -1.10. The fourth-order valence-corrected chi connectivity index (χ4v) is 4.27. The molecule has 0 fully saturated rings. The molecule has 1 N–H and O–H groups in total. The van der Waals surface area contributed by atoms with E-state index in [4.69, 9.17) is 9.47 Å². The molecule has 0 radical (unpaired) electrons. The Morgan fingerprint density at radius 3 is 1.51 bits per heavy atom. The zero-order valence-electron chi connectivity index (χ0n) is 23.5. The number of unbranched alkanes of at least 4 members (excludes halogenated alkanes) is 16. The summed E-state index contributed by atoms with van der Waals surface area (Å²) in [5, 5.41) is 9.44. The SMILES string of the molecule is CCCCCCCCCCCC(=O)OC[C@H](CO)OC(=O)CCCCCCCCCCCC(C)C. The highest BCUT2D eigenvalue weighted by Gasteiger charge is 2.16. The lowest BCUT2D eigenvalue weighted by molar-refractivity contribution is -0.161. The second-order valence-electron chi connectivity index (χ2n) is 10.7. The van der Waals surface area contributed by atoms with Gasteiger partial charge >= 0.3 is 11.9 Å². The maximum absolute atomic E-state index is 12.0. The summed E-state index contributed by atoms with van der Waals surface area (Å²) in [6.07, 6.45) is 23.0. The number of carbonyl (C=O) groups excluding carboxylic acids is 2. The molecule has 0 aromatic heterocycles. The first-order valence-electron chi connectivity index (χ1n) is 15.0. The lowest BCUT2D eigenvalue weighted by atomic mass is 10.0. The standard InChI is InChI=1S/C30H58O5/c1-4-5-6-7-8-10-14-17-20-23-29(32)34-26-28(25-31)35-30(33)24-21-18-15-12-9-11-13-16-19-22-27(2)3/h27-28,31H,4-26H2,1-3H3/t28-/m0/s1. The van der Waals surface area contributed by atoms with Crippen molar-refractivity contribution in [2.24, 2.45) is 5.92 Å². The molecule has 1 atom stereocenters. The second-order valence-corrected chi connectivity index (χ2v) is 10.7. The maximum atomic E-state index is 12.0. The zero-order chi connectivity index (χ0) is 26.0. The van der Waals surface area contributed by atoms with Gasteiger partial charge < -0.3 is 14.6 Å². The number of ether oxygens (including phenoxy) is 2. The summed E-state index contributed by atoms with van der Waals surface area (Å²) in [5.74, 6) is 0.227. The van der Waals surface area contributed by atoms with Gasteiger partial charge in [-0.25, -0.2) is 0 Å². The van der Waals surface area contributed by atoms with E-state index in [0.717, 1.165) is 44.4 Å². The molecular formula is C30H58O5. The van der Waals surface area contributed by atoms with Gasteiger partial charge in [-0.15, -0.1) is 0 Å².